The van der Waals surface area contributed by atoms with E-state index in [9.17, 15) is 14.4 Å². The summed E-state index contributed by atoms with van der Waals surface area (Å²) in [6, 6.07) is 9.41. The molecule has 27 heavy (non-hydrogen) atoms. The van der Waals surface area contributed by atoms with Crippen molar-refractivity contribution in [2.45, 2.75) is 13.8 Å². The smallest absolute Gasteiger partial charge is 0.351 e. The summed E-state index contributed by atoms with van der Waals surface area (Å²) in [5.41, 5.74) is 1.41. The van der Waals surface area contributed by atoms with Gasteiger partial charge in [0.15, 0.2) is 6.61 Å². The van der Waals surface area contributed by atoms with Crippen molar-refractivity contribution in [1.29, 1.82) is 0 Å². The summed E-state index contributed by atoms with van der Waals surface area (Å²) in [4.78, 5) is 44.3. The summed E-state index contributed by atoms with van der Waals surface area (Å²) in [6.45, 7) is 4.93. The number of carbonyl (C=O) groups excluding carboxylic acids is 3. The first-order chi connectivity index (χ1) is 13.0. The van der Waals surface area contributed by atoms with Crippen LogP contribution in [0.15, 0.2) is 30.3 Å². The van der Waals surface area contributed by atoms with Crippen LogP contribution in [0, 0.1) is 6.92 Å². The van der Waals surface area contributed by atoms with Gasteiger partial charge in [0.25, 0.3) is 5.91 Å². The van der Waals surface area contributed by atoms with Gasteiger partial charge in [0.1, 0.15) is 4.88 Å². The third kappa shape index (κ3) is 4.51. The van der Waals surface area contributed by atoms with Crippen LogP contribution in [0.3, 0.4) is 0 Å². The molecule has 0 aliphatic carbocycles. The van der Waals surface area contributed by atoms with E-state index in [1.807, 2.05) is 37.3 Å². The minimum absolute atomic E-state index is 0.00235. The molecule has 0 bridgehead atoms. The van der Waals surface area contributed by atoms with Crippen LogP contribution in [0.4, 0.5) is 0 Å². The summed E-state index contributed by atoms with van der Waals surface area (Å²) < 4.78 is 5.25. The number of carbonyl (C=O) groups is 3. The molecule has 1 saturated heterocycles. The third-order valence-electron chi connectivity index (χ3n) is 4.37. The zero-order chi connectivity index (χ0) is 19.4. The maximum atomic E-state index is 12.5. The molecular formula is C19H21N3O4S. The molecule has 3 rings (SSSR count). The lowest BCUT2D eigenvalue weighted by Gasteiger charge is -2.34. The normalized spacial score (nSPS) is 14.1. The molecule has 1 aliphatic rings. The van der Waals surface area contributed by atoms with Crippen molar-refractivity contribution in [1.82, 2.24) is 14.8 Å². The highest BCUT2D eigenvalue weighted by Crippen LogP contribution is 2.28. The number of hydrogen-bond acceptors (Lipinski definition) is 6. The average Bonchev–Trinajstić information content (AvgIpc) is 3.08. The molecule has 142 valence electrons. The predicted molar refractivity (Wildman–Crippen MR) is 101 cm³/mol. The van der Waals surface area contributed by atoms with Crippen LogP contribution in [-0.4, -0.2) is 65.4 Å². The maximum absolute atomic E-state index is 12.5. The van der Waals surface area contributed by atoms with Crippen molar-refractivity contribution in [2.24, 2.45) is 0 Å². The second-order valence-corrected chi connectivity index (χ2v) is 7.44. The Morgan fingerprint density at radius 1 is 1.07 bits per heavy atom. The Hall–Kier alpha value is -2.74. The fraction of sp³-hybridized carbons (Fsp3) is 0.368. The Morgan fingerprint density at radius 3 is 2.33 bits per heavy atom. The number of ether oxygens (including phenoxy) is 1. The lowest BCUT2D eigenvalue weighted by molar-refractivity contribution is -0.140. The molecule has 0 N–H and O–H groups in total. The highest BCUT2D eigenvalue weighted by atomic mass is 32.1. The van der Waals surface area contributed by atoms with Crippen molar-refractivity contribution < 1.29 is 19.1 Å². The number of rotatable bonds is 4. The minimum Gasteiger partial charge on any atom is -0.451 e. The Labute approximate surface area is 161 Å². The molecule has 0 radical (unpaired) electrons. The summed E-state index contributed by atoms with van der Waals surface area (Å²) >= 11 is 1.25. The Balaban J connectivity index is 1.60. The molecule has 1 aromatic carbocycles. The first-order valence-electron chi connectivity index (χ1n) is 8.69. The van der Waals surface area contributed by atoms with Crippen LogP contribution in [0.1, 0.15) is 21.6 Å². The molecule has 1 aliphatic heterocycles. The van der Waals surface area contributed by atoms with Gasteiger partial charge in [0.05, 0.1) is 10.7 Å². The number of amides is 2. The molecule has 0 atom stereocenters. The van der Waals surface area contributed by atoms with Gasteiger partial charge in [-0.05, 0) is 6.92 Å². The first kappa shape index (κ1) is 19.0. The fourth-order valence-corrected chi connectivity index (χ4v) is 3.75. The van der Waals surface area contributed by atoms with Gasteiger partial charge in [-0.3, -0.25) is 9.59 Å². The van der Waals surface area contributed by atoms with E-state index in [2.05, 4.69) is 4.98 Å². The van der Waals surface area contributed by atoms with E-state index in [-0.39, 0.29) is 18.4 Å². The van der Waals surface area contributed by atoms with Gasteiger partial charge in [-0.2, -0.15) is 0 Å². The molecular weight excluding hydrogens is 366 g/mol. The fourth-order valence-electron chi connectivity index (χ4n) is 2.91. The van der Waals surface area contributed by atoms with Crippen molar-refractivity contribution in [2.75, 3.05) is 32.8 Å². The van der Waals surface area contributed by atoms with Gasteiger partial charge in [-0.1, -0.05) is 30.3 Å². The Kier molecular flexibility index (Phi) is 5.85. The molecule has 0 spiro atoms. The Morgan fingerprint density at radius 2 is 1.70 bits per heavy atom. The second-order valence-electron chi connectivity index (χ2n) is 6.24. The number of piperazine rings is 1. The molecule has 7 nitrogen and oxygen atoms in total. The van der Waals surface area contributed by atoms with E-state index < -0.39 is 5.97 Å². The lowest BCUT2D eigenvalue weighted by Crippen LogP contribution is -2.51. The van der Waals surface area contributed by atoms with E-state index >= 15 is 0 Å². The quantitative estimate of drug-likeness (QED) is 0.750. The lowest BCUT2D eigenvalue weighted by atomic mass is 10.1. The van der Waals surface area contributed by atoms with Crippen molar-refractivity contribution >= 4 is 29.1 Å². The molecule has 2 heterocycles. The van der Waals surface area contributed by atoms with Crippen molar-refractivity contribution in [3.63, 3.8) is 0 Å². The van der Waals surface area contributed by atoms with Gasteiger partial charge in [0, 0.05) is 38.7 Å². The van der Waals surface area contributed by atoms with Crippen LogP contribution >= 0.6 is 11.3 Å². The number of thiazole rings is 1. The van der Waals surface area contributed by atoms with Crippen molar-refractivity contribution in [3.05, 3.63) is 40.2 Å². The SMILES string of the molecule is CC(=O)N1CCN(C(=O)COC(=O)c2sc(C)nc2-c2ccccc2)CC1. The zero-order valence-electron chi connectivity index (χ0n) is 15.3. The molecule has 8 heteroatoms. The number of nitrogens with zero attached hydrogens (tertiary/aromatic N) is 3. The third-order valence-corrected chi connectivity index (χ3v) is 5.32. The molecule has 1 fully saturated rings. The minimum atomic E-state index is -0.546. The van der Waals surface area contributed by atoms with E-state index in [0.29, 0.717) is 36.8 Å². The number of esters is 1. The van der Waals surface area contributed by atoms with Gasteiger partial charge >= 0.3 is 5.97 Å². The maximum Gasteiger partial charge on any atom is 0.351 e. The molecule has 1 aromatic heterocycles. The van der Waals surface area contributed by atoms with E-state index in [1.165, 1.54) is 18.3 Å². The summed E-state index contributed by atoms with van der Waals surface area (Å²) in [7, 11) is 0. The standard InChI is InChI=1S/C19H21N3O4S/c1-13-20-17(15-6-4-3-5-7-15)18(27-13)19(25)26-12-16(24)22-10-8-21(9-11-22)14(2)23/h3-7H,8-12H2,1-2H3. The highest BCUT2D eigenvalue weighted by molar-refractivity contribution is 7.14. The van der Waals surface area contributed by atoms with Crippen LogP contribution in [0.25, 0.3) is 11.3 Å². The second kappa shape index (κ2) is 8.30. The monoisotopic (exact) mass is 387 g/mol. The van der Waals surface area contributed by atoms with Crippen LogP contribution in [0.5, 0.6) is 0 Å². The number of benzene rings is 1. The predicted octanol–water partition coefficient (Wildman–Crippen LogP) is 1.97. The zero-order valence-corrected chi connectivity index (χ0v) is 16.1. The molecule has 2 aromatic rings. The van der Waals surface area contributed by atoms with Gasteiger partial charge < -0.3 is 14.5 Å². The van der Waals surface area contributed by atoms with E-state index in [0.717, 1.165) is 10.6 Å². The van der Waals surface area contributed by atoms with Crippen LogP contribution < -0.4 is 0 Å². The van der Waals surface area contributed by atoms with E-state index in [1.54, 1.807) is 9.80 Å². The number of aromatic nitrogens is 1. The molecule has 0 unspecified atom stereocenters. The number of hydrogen-bond donors (Lipinski definition) is 0. The largest absolute Gasteiger partial charge is 0.451 e. The number of aryl methyl sites for hydroxylation is 1. The average molecular weight is 387 g/mol. The van der Waals surface area contributed by atoms with Gasteiger partial charge in [0.2, 0.25) is 5.91 Å². The topological polar surface area (TPSA) is 79.8 Å². The first-order valence-corrected chi connectivity index (χ1v) is 9.50. The van der Waals surface area contributed by atoms with Crippen molar-refractivity contribution in [3.8, 4) is 11.3 Å². The molecule has 0 saturated carbocycles. The summed E-state index contributed by atoms with van der Waals surface area (Å²) in [6.07, 6.45) is 0. The Bertz CT molecular complexity index is 842. The van der Waals surface area contributed by atoms with Gasteiger partial charge in [-0.15, -0.1) is 11.3 Å². The van der Waals surface area contributed by atoms with E-state index in [4.69, 9.17) is 4.74 Å². The summed E-state index contributed by atoms with van der Waals surface area (Å²) in [5.74, 6) is -0.799. The van der Waals surface area contributed by atoms with Gasteiger partial charge in [-0.25, -0.2) is 9.78 Å². The van der Waals surface area contributed by atoms with Crippen LogP contribution in [-0.2, 0) is 14.3 Å². The summed E-state index contributed by atoms with van der Waals surface area (Å²) in [5, 5.41) is 0.757. The highest BCUT2D eigenvalue weighted by Gasteiger charge is 2.25. The van der Waals surface area contributed by atoms with Crippen LogP contribution in [0.2, 0.25) is 0 Å². The molecule has 2 amide bonds.